The maximum Gasteiger partial charge on any atom is 0.132 e. The Morgan fingerprint density at radius 2 is 2.12 bits per heavy atom. The summed E-state index contributed by atoms with van der Waals surface area (Å²) in [5, 5.41) is 3.76. The number of nitrogens with zero attached hydrogens (tertiary/aromatic N) is 1. The molecule has 0 bridgehead atoms. The van der Waals surface area contributed by atoms with E-state index in [1.54, 1.807) is 18.3 Å². The molecule has 1 aliphatic rings. The van der Waals surface area contributed by atoms with Crippen molar-refractivity contribution in [2.75, 3.05) is 13.6 Å². The second kappa shape index (κ2) is 8.54. The van der Waals surface area contributed by atoms with Crippen molar-refractivity contribution < 1.29 is 4.39 Å². The first-order valence-electron chi connectivity index (χ1n) is 7.92. The first-order valence-corrected chi connectivity index (χ1v) is 8.30. The number of benzene rings is 1. The molecular formula is C21H22ClFN2. The summed E-state index contributed by atoms with van der Waals surface area (Å²) < 4.78 is 14.4. The third-order valence-corrected chi connectivity index (χ3v) is 3.87. The van der Waals surface area contributed by atoms with Gasteiger partial charge in [-0.3, -0.25) is 0 Å². The molecule has 0 atom stereocenters. The van der Waals surface area contributed by atoms with Gasteiger partial charge < -0.3 is 10.2 Å². The standard InChI is InChI=1S/C21H22ClFN2/c1-5-25(4)14-16(9-8-15(2)3)18-7-6-12-24-21(18)19-13-17(22)10-11-20(19)23/h5-11,13-14,24H,1-2,12H2,3-4H3/b9-8-,16-14+. The highest BCUT2D eigenvalue weighted by atomic mass is 35.5. The van der Waals surface area contributed by atoms with Crippen molar-refractivity contribution in [3.63, 3.8) is 0 Å². The molecule has 0 saturated carbocycles. The van der Waals surface area contributed by atoms with Crippen molar-refractivity contribution in [3.8, 4) is 0 Å². The molecule has 1 aromatic rings. The summed E-state index contributed by atoms with van der Waals surface area (Å²) in [7, 11) is 1.89. The maximum atomic E-state index is 14.4. The summed E-state index contributed by atoms with van der Waals surface area (Å²) in [5.41, 5.74) is 3.86. The molecule has 25 heavy (non-hydrogen) atoms. The van der Waals surface area contributed by atoms with Crippen LogP contribution in [0.3, 0.4) is 0 Å². The van der Waals surface area contributed by atoms with Crippen molar-refractivity contribution in [1.82, 2.24) is 10.2 Å². The van der Waals surface area contributed by atoms with E-state index in [2.05, 4.69) is 18.5 Å². The van der Waals surface area contributed by atoms with E-state index in [0.717, 1.165) is 16.7 Å². The molecule has 0 amide bonds. The molecule has 1 aromatic carbocycles. The lowest BCUT2D eigenvalue weighted by Crippen LogP contribution is -2.19. The Kier molecular flexibility index (Phi) is 6.43. The van der Waals surface area contributed by atoms with Crippen LogP contribution in [0.5, 0.6) is 0 Å². The molecule has 0 unspecified atom stereocenters. The summed E-state index contributed by atoms with van der Waals surface area (Å²) in [6, 6.07) is 4.56. The van der Waals surface area contributed by atoms with Gasteiger partial charge in [0.05, 0.1) is 5.70 Å². The first-order chi connectivity index (χ1) is 11.9. The van der Waals surface area contributed by atoms with Crippen molar-refractivity contribution in [1.29, 1.82) is 0 Å². The van der Waals surface area contributed by atoms with E-state index >= 15 is 0 Å². The maximum absolute atomic E-state index is 14.4. The van der Waals surface area contributed by atoms with Gasteiger partial charge in [-0.05, 0) is 36.9 Å². The molecule has 0 aromatic heterocycles. The zero-order valence-corrected chi connectivity index (χ0v) is 15.3. The smallest absolute Gasteiger partial charge is 0.132 e. The Balaban J connectivity index is 2.65. The number of nitrogens with one attached hydrogen (secondary N) is 1. The van der Waals surface area contributed by atoms with Gasteiger partial charge >= 0.3 is 0 Å². The highest BCUT2D eigenvalue weighted by Gasteiger charge is 2.17. The third-order valence-electron chi connectivity index (χ3n) is 3.64. The van der Waals surface area contributed by atoms with Crippen LogP contribution in [0, 0.1) is 5.82 Å². The van der Waals surface area contributed by atoms with Gasteiger partial charge in [-0.1, -0.05) is 54.6 Å². The Labute approximate surface area is 154 Å². The monoisotopic (exact) mass is 356 g/mol. The topological polar surface area (TPSA) is 15.3 Å². The Bertz CT molecular complexity index is 800. The fraction of sp³-hybridized carbons (Fsp3) is 0.143. The van der Waals surface area contributed by atoms with Gasteiger partial charge in [0, 0.05) is 36.0 Å². The van der Waals surface area contributed by atoms with Crippen LogP contribution in [0.25, 0.3) is 5.70 Å². The third kappa shape index (κ3) is 4.97. The lowest BCUT2D eigenvalue weighted by Gasteiger charge is -2.21. The number of dihydropyridines is 1. The summed E-state index contributed by atoms with van der Waals surface area (Å²) in [5.74, 6) is -0.319. The van der Waals surface area contributed by atoms with Crippen LogP contribution in [-0.4, -0.2) is 18.5 Å². The molecule has 1 N–H and O–H groups in total. The molecule has 4 heteroatoms. The Morgan fingerprint density at radius 1 is 1.36 bits per heavy atom. The lowest BCUT2D eigenvalue weighted by molar-refractivity contribution is 0.621. The SMILES string of the molecule is C=CN(C)/C=C(\C=C/C(=C)C)C1=C(c2cc(Cl)ccc2F)NCC=C1. The zero-order valence-electron chi connectivity index (χ0n) is 14.5. The molecule has 130 valence electrons. The summed E-state index contributed by atoms with van der Waals surface area (Å²) in [6.07, 6.45) is 11.5. The predicted octanol–water partition coefficient (Wildman–Crippen LogP) is 5.44. The highest BCUT2D eigenvalue weighted by molar-refractivity contribution is 6.30. The van der Waals surface area contributed by atoms with Crippen LogP contribution < -0.4 is 5.32 Å². The lowest BCUT2D eigenvalue weighted by atomic mass is 9.96. The Hall–Kier alpha value is -2.52. The minimum Gasteiger partial charge on any atom is -0.380 e. The minimum absolute atomic E-state index is 0.319. The van der Waals surface area contributed by atoms with Crippen molar-refractivity contribution in [3.05, 3.63) is 101 Å². The second-order valence-electron chi connectivity index (χ2n) is 5.81. The summed E-state index contributed by atoms with van der Waals surface area (Å²) in [4.78, 5) is 1.85. The molecule has 1 heterocycles. The first kappa shape index (κ1) is 18.8. The van der Waals surface area contributed by atoms with Gasteiger partial charge in [0.15, 0.2) is 0 Å². The van der Waals surface area contributed by atoms with E-state index in [1.807, 2.05) is 49.4 Å². The van der Waals surface area contributed by atoms with Gasteiger partial charge in [0.1, 0.15) is 5.82 Å². The fourth-order valence-corrected chi connectivity index (χ4v) is 2.56. The van der Waals surface area contributed by atoms with Crippen LogP contribution in [0.4, 0.5) is 4.39 Å². The molecule has 1 aliphatic heterocycles. The normalized spacial score (nSPS) is 14.6. The molecular weight excluding hydrogens is 335 g/mol. The van der Waals surface area contributed by atoms with Crippen LogP contribution >= 0.6 is 11.6 Å². The van der Waals surface area contributed by atoms with Crippen LogP contribution in [0.1, 0.15) is 12.5 Å². The van der Waals surface area contributed by atoms with Crippen molar-refractivity contribution in [2.24, 2.45) is 0 Å². The zero-order chi connectivity index (χ0) is 18.4. The van der Waals surface area contributed by atoms with Crippen molar-refractivity contribution in [2.45, 2.75) is 6.92 Å². The predicted molar refractivity (Wildman–Crippen MR) is 105 cm³/mol. The van der Waals surface area contributed by atoms with Crippen molar-refractivity contribution >= 4 is 17.3 Å². The Morgan fingerprint density at radius 3 is 2.80 bits per heavy atom. The molecule has 2 nitrogen and oxygen atoms in total. The molecule has 0 radical (unpaired) electrons. The van der Waals surface area contributed by atoms with E-state index in [0.29, 0.717) is 22.8 Å². The molecule has 0 saturated heterocycles. The minimum atomic E-state index is -0.319. The number of halogens is 2. The number of rotatable bonds is 6. The number of allylic oxidation sites excluding steroid dienone is 6. The van der Waals surface area contributed by atoms with E-state index in [1.165, 1.54) is 6.07 Å². The fourth-order valence-electron chi connectivity index (χ4n) is 2.39. The molecule has 0 spiro atoms. The van der Waals surface area contributed by atoms with E-state index in [9.17, 15) is 4.39 Å². The van der Waals surface area contributed by atoms with Gasteiger partial charge in [0.25, 0.3) is 0 Å². The quantitative estimate of drug-likeness (QED) is 0.682. The summed E-state index contributed by atoms with van der Waals surface area (Å²) in [6.45, 7) is 10.2. The second-order valence-corrected chi connectivity index (χ2v) is 6.24. The van der Waals surface area contributed by atoms with Gasteiger partial charge in [-0.2, -0.15) is 0 Å². The largest absolute Gasteiger partial charge is 0.380 e. The molecule has 2 rings (SSSR count). The number of hydrogen-bond acceptors (Lipinski definition) is 2. The number of hydrogen-bond donors (Lipinski definition) is 1. The van der Waals surface area contributed by atoms with E-state index in [-0.39, 0.29) is 5.82 Å². The summed E-state index contributed by atoms with van der Waals surface area (Å²) >= 11 is 6.08. The van der Waals surface area contributed by atoms with Gasteiger partial charge in [-0.25, -0.2) is 4.39 Å². The molecule has 0 fully saturated rings. The van der Waals surface area contributed by atoms with Gasteiger partial charge in [-0.15, -0.1) is 0 Å². The average molecular weight is 357 g/mol. The van der Waals surface area contributed by atoms with Crippen LogP contribution in [0.15, 0.2) is 84.8 Å². The van der Waals surface area contributed by atoms with Crippen LogP contribution in [0.2, 0.25) is 5.02 Å². The van der Waals surface area contributed by atoms with E-state index < -0.39 is 0 Å². The van der Waals surface area contributed by atoms with Gasteiger partial charge in [0.2, 0.25) is 0 Å². The van der Waals surface area contributed by atoms with E-state index in [4.69, 9.17) is 11.6 Å². The highest BCUT2D eigenvalue weighted by Crippen LogP contribution is 2.29. The molecule has 0 aliphatic carbocycles. The van der Waals surface area contributed by atoms with Crippen LogP contribution in [-0.2, 0) is 0 Å². The average Bonchev–Trinajstić information content (AvgIpc) is 2.60.